The monoisotopic (exact) mass is 288 g/mol. The lowest BCUT2D eigenvalue weighted by Crippen LogP contribution is -2.34. The molecule has 0 bridgehead atoms. The molecule has 0 radical (unpaired) electrons. The van der Waals surface area contributed by atoms with Crippen molar-refractivity contribution in [3.63, 3.8) is 0 Å². The number of nitrogens with one attached hydrogen (secondary N) is 1. The van der Waals surface area contributed by atoms with Gasteiger partial charge in [0.05, 0.1) is 18.0 Å². The normalized spacial score (nSPS) is 17.4. The Bertz CT molecular complexity index is 528. The smallest absolute Gasteiger partial charge is 0.122 e. The van der Waals surface area contributed by atoms with Gasteiger partial charge in [0.15, 0.2) is 0 Å². The quantitative estimate of drug-likeness (QED) is 0.850. The van der Waals surface area contributed by atoms with Crippen molar-refractivity contribution in [2.75, 3.05) is 19.6 Å². The Balaban J connectivity index is 1.60. The van der Waals surface area contributed by atoms with E-state index >= 15 is 0 Å². The number of furan rings is 1. The highest BCUT2D eigenvalue weighted by Crippen LogP contribution is 2.24. The maximum absolute atomic E-state index is 5.64. The molecule has 0 saturated carbocycles. The van der Waals surface area contributed by atoms with Crippen molar-refractivity contribution in [1.82, 2.24) is 20.0 Å². The first-order valence-electron chi connectivity index (χ1n) is 7.87. The number of hydrogen-bond acceptors (Lipinski definition) is 4. The van der Waals surface area contributed by atoms with Crippen molar-refractivity contribution in [3.8, 4) is 0 Å². The Morgan fingerprint density at radius 1 is 1.33 bits per heavy atom. The van der Waals surface area contributed by atoms with Crippen LogP contribution in [0.15, 0.2) is 35.1 Å². The fourth-order valence-corrected chi connectivity index (χ4v) is 3.08. The van der Waals surface area contributed by atoms with E-state index in [1.165, 1.54) is 31.6 Å². The lowest BCUT2D eigenvalue weighted by molar-refractivity contribution is 0.209. The summed E-state index contributed by atoms with van der Waals surface area (Å²) in [5, 5.41) is 7.87. The number of nitrogens with zero attached hydrogens (tertiary/aromatic N) is 3. The van der Waals surface area contributed by atoms with Gasteiger partial charge in [-0.2, -0.15) is 5.10 Å². The largest absolute Gasteiger partial charge is 0.468 e. The van der Waals surface area contributed by atoms with Gasteiger partial charge in [-0.15, -0.1) is 0 Å². The van der Waals surface area contributed by atoms with E-state index in [1.807, 2.05) is 16.9 Å². The van der Waals surface area contributed by atoms with Gasteiger partial charge >= 0.3 is 0 Å². The van der Waals surface area contributed by atoms with Crippen molar-refractivity contribution in [1.29, 1.82) is 0 Å². The molecule has 114 valence electrons. The third kappa shape index (κ3) is 3.36. The van der Waals surface area contributed by atoms with E-state index in [2.05, 4.69) is 34.4 Å². The van der Waals surface area contributed by atoms with Gasteiger partial charge in [-0.05, 0) is 51.1 Å². The standard InChI is InChI=1S/C16H24N4O/c1-2-20-14(7-8-18-20)12-17-13-15(16-6-5-11-21-16)19-9-3-4-10-19/h5-8,11,15,17H,2-4,9-10,12-13H2,1H3. The molecule has 5 heteroatoms. The third-order valence-electron chi connectivity index (χ3n) is 4.20. The van der Waals surface area contributed by atoms with Crippen LogP contribution in [0.5, 0.6) is 0 Å². The summed E-state index contributed by atoms with van der Waals surface area (Å²) in [4.78, 5) is 2.52. The Labute approximate surface area is 125 Å². The number of rotatable bonds is 7. The lowest BCUT2D eigenvalue weighted by atomic mass is 10.2. The SMILES string of the molecule is CCn1nccc1CNCC(c1ccco1)N1CCCC1. The van der Waals surface area contributed by atoms with Gasteiger partial charge in [-0.1, -0.05) is 0 Å². The van der Waals surface area contributed by atoms with Crippen molar-refractivity contribution in [2.24, 2.45) is 0 Å². The maximum Gasteiger partial charge on any atom is 0.122 e. The molecule has 21 heavy (non-hydrogen) atoms. The minimum absolute atomic E-state index is 0.334. The second kappa shape index (κ2) is 6.91. The fourth-order valence-electron chi connectivity index (χ4n) is 3.08. The molecular formula is C16H24N4O. The second-order valence-electron chi connectivity index (χ2n) is 5.54. The summed E-state index contributed by atoms with van der Waals surface area (Å²) in [7, 11) is 0. The average Bonchev–Trinajstić information content (AvgIpc) is 3.24. The molecular weight excluding hydrogens is 264 g/mol. The minimum Gasteiger partial charge on any atom is -0.468 e. The molecule has 3 heterocycles. The van der Waals surface area contributed by atoms with Crippen LogP contribution in [-0.2, 0) is 13.1 Å². The van der Waals surface area contributed by atoms with Crippen LogP contribution in [-0.4, -0.2) is 34.3 Å². The molecule has 1 N–H and O–H groups in total. The van der Waals surface area contributed by atoms with Gasteiger partial charge in [0.1, 0.15) is 5.76 Å². The zero-order valence-electron chi connectivity index (χ0n) is 12.7. The molecule has 5 nitrogen and oxygen atoms in total. The molecule has 1 saturated heterocycles. The molecule has 1 unspecified atom stereocenters. The highest BCUT2D eigenvalue weighted by molar-refractivity contribution is 5.07. The predicted octanol–water partition coefficient (Wildman–Crippen LogP) is 2.42. The first-order valence-corrected chi connectivity index (χ1v) is 7.87. The summed E-state index contributed by atoms with van der Waals surface area (Å²) < 4.78 is 7.67. The van der Waals surface area contributed by atoms with Crippen molar-refractivity contribution < 1.29 is 4.42 Å². The van der Waals surface area contributed by atoms with E-state index in [0.29, 0.717) is 6.04 Å². The molecule has 0 spiro atoms. The van der Waals surface area contributed by atoms with E-state index < -0.39 is 0 Å². The van der Waals surface area contributed by atoms with Crippen LogP contribution >= 0.6 is 0 Å². The number of aromatic nitrogens is 2. The Morgan fingerprint density at radius 3 is 2.90 bits per heavy atom. The van der Waals surface area contributed by atoms with Crippen LogP contribution in [0, 0.1) is 0 Å². The number of likely N-dealkylation sites (tertiary alicyclic amines) is 1. The second-order valence-corrected chi connectivity index (χ2v) is 5.54. The van der Waals surface area contributed by atoms with Gasteiger partial charge in [-0.25, -0.2) is 0 Å². The zero-order chi connectivity index (χ0) is 14.5. The number of aryl methyl sites for hydroxylation is 1. The molecule has 2 aromatic rings. The van der Waals surface area contributed by atoms with Gasteiger partial charge in [-0.3, -0.25) is 9.58 Å². The van der Waals surface area contributed by atoms with E-state index in [4.69, 9.17) is 4.42 Å². The minimum atomic E-state index is 0.334. The van der Waals surface area contributed by atoms with Gasteiger partial charge in [0, 0.05) is 25.8 Å². The highest BCUT2D eigenvalue weighted by atomic mass is 16.3. The Morgan fingerprint density at radius 2 is 2.19 bits per heavy atom. The summed E-state index contributed by atoms with van der Waals surface area (Å²) in [6, 6.07) is 6.47. The van der Waals surface area contributed by atoms with Crippen molar-refractivity contribution in [3.05, 3.63) is 42.1 Å². The summed E-state index contributed by atoms with van der Waals surface area (Å²) in [5.41, 5.74) is 1.23. The summed E-state index contributed by atoms with van der Waals surface area (Å²) >= 11 is 0. The summed E-state index contributed by atoms with van der Waals surface area (Å²) in [5.74, 6) is 1.06. The number of hydrogen-bond donors (Lipinski definition) is 1. The van der Waals surface area contributed by atoms with Crippen LogP contribution in [0.25, 0.3) is 0 Å². The molecule has 1 fully saturated rings. The van der Waals surface area contributed by atoms with Gasteiger partial charge in [0.2, 0.25) is 0 Å². The van der Waals surface area contributed by atoms with Crippen LogP contribution in [0.4, 0.5) is 0 Å². The van der Waals surface area contributed by atoms with Crippen molar-refractivity contribution >= 4 is 0 Å². The summed E-state index contributed by atoms with van der Waals surface area (Å²) in [6.07, 6.45) is 6.22. The van der Waals surface area contributed by atoms with Gasteiger partial charge in [0.25, 0.3) is 0 Å². The predicted molar refractivity (Wildman–Crippen MR) is 81.9 cm³/mol. The highest BCUT2D eigenvalue weighted by Gasteiger charge is 2.25. The van der Waals surface area contributed by atoms with E-state index in [0.717, 1.165) is 25.4 Å². The van der Waals surface area contributed by atoms with E-state index in [9.17, 15) is 0 Å². The first-order chi connectivity index (χ1) is 10.4. The molecule has 3 rings (SSSR count). The molecule has 0 amide bonds. The van der Waals surface area contributed by atoms with Gasteiger partial charge < -0.3 is 9.73 Å². The molecule has 0 aromatic carbocycles. The molecule has 1 atom stereocenters. The van der Waals surface area contributed by atoms with E-state index in [-0.39, 0.29) is 0 Å². The Hall–Kier alpha value is -1.59. The van der Waals surface area contributed by atoms with Crippen LogP contribution in [0.3, 0.4) is 0 Å². The molecule has 2 aromatic heterocycles. The van der Waals surface area contributed by atoms with Crippen LogP contribution in [0.2, 0.25) is 0 Å². The first kappa shape index (κ1) is 14.4. The van der Waals surface area contributed by atoms with Crippen molar-refractivity contribution in [2.45, 2.75) is 38.9 Å². The van der Waals surface area contributed by atoms with Crippen LogP contribution < -0.4 is 5.32 Å². The topological polar surface area (TPSA) is 46.2 Å². The molecule has 1 aliphatic heterocycles. The third-order valence-corrected chi connectivity index (χ3v) is 4.20. The molecule has 0 aliphatic carbocycles. The van der Waals surface area contributed by atoms with E-state index in [1.54, 1.807) is 6.26 Å². The maximum atomic E-state index is 5.64. The Kier molecular flexibility index (Phi) is 4.72. The lowest BCUT2D eigenvalue weighted by Gasteiger charge is -2.26. The molecule has 1 aliphatic rings. The zero-order valence-corrected chi connectivity index (χ0v) is 12.7. The summed E-state index contributed by atoms with van der Waals surface area (Å²) in [6.45, 7) is 7.12. The fraction of sp³-hybridized carbons (Fsp3) is 0.562. The average molecular weight is 288 g/mol. The van der Waals surface area contributed by atoms with Crippen LogP contribution in [0.1, 0.15) is 37.3 Å².